The highest BCUT2D eigenvalue weighted by Crippen LogP contribution is 2.23. The third kappa shape index (κ3) is 4.51. The highest BCUT2D eigenvalue weighted by molar-refractivity contribution is 7.90. The summed E-state index contributed by atoms with van der Waals surface area (Å²) >= 11 is 0. The fraction of sp³-hybridized carbons (Fsp3) is 0.429. The molecule has 2 rings (SSSR count). The first-order valence-electron chi connectivity index (χ1n) is 7.19. The number of hydrogen-bond donors (Lipinski definition) is 1. The predicted molar refractivity (Wildman–Crippen MR) is 84.1 cm³/mol. The van der Waals surface area contributed by atoms with Gasteiger partial charge < -0.3 is 14.7 Å². The van der Waals surface area contributed by atoms with Gasteiger partial charge in [0, 0.05) is 30.5 Å². The van der Waals surface area contributed by atoms with Gasteiger partial charge in [0.15, 0.2) is 9.84 Å². The van der Waals surface area contributed by atoms with Crippen molar-refractivity contribution in [1.82, 2.24) is 4.90 Å². The van der Waals surface area contributed by atoms with Crippen molar-refractivity contribution in [2.75, 3.05) is 26.0 Å². The van der Waals surface area contributed by atoms with Gasteiger partial charge in [-0.1, -0.05) is 0 Å². The van der Waals surface area contributed by atoms with E-state index in [1.807, 2.05) is 0 Å². The van der Waals surface area contributed by atoms with Gasteiger partial charge in [-0.2, -0.15) is 0 Å². The molecular weight excluding hydrogens is 356 g/mol. The van der Waals surface area contributed by atoms with Gasteiger partial charge in [0.1, 0.15) is 0 Å². The average molecular weight is 372 g/mol. The molecule has 1 aromatic carbocycles. The van der Waals surface area contributed by atoms with Gasteiger partial charge in [0.05, 0.1) is 35.5 Å². The van der Waals surface area contributed by atoms with E-state index in [-0.39, 0.29) is 36.6 Å². The molecule has 1 heterocycles. The zero-order chi connectivity index (χ0) is 18.8. The first-order valence-corrected chi connectivity index (χ1v) is 9.09. The second-order valence-electron chi connectivity index (χ2n) is 5.57. The summed E-state index contributed by atoms with van der Waals surface area (Å²) < 4.78 is 28.6. The lowest BCUT2D eigenvalue weighted by Crippen LogP contribution is -2.49. The maximum absolute atomic E-state index is 12.7. The van der Waals surface area contributed by atoms with Crippen LogP contribution in [0, 0.1) is 10.1 Å². The molecule has 25 heavy (non-hydrogen) atoms. The highest BCUT2D eigenvalue weighted by Gasteiger charge is 2.31. The molecule has 0 aliphatic carbocycles. The molecule has 0 spiro atoms. The standard InChI is InChI=1S/C14H16N2O8S/c1-25(22,23)12-5-9(4-10(6-12)16(20)21)14(19)15-2-3-24-8-11(15)7-13(17)18/h4-6,11H,2-3,7-8H2,1H3,(H,17,18). The summed E-state index contributed by atoms with van der Waals surface area (Å²) in [4.78, 5) is 34.8. The Morgan fingerprint density at radius 2 is 2.08 bits per heavy atom. The van der Waals surface area contributed by atoms with Crippen LogP contribution in [0.4, 0.5) is 5.69 Å². The first kappa shape index (κ1) is 18.8. The molecule has 1 unspecified atom stereocenters. The molecule has 0 bridgehead atoms. The molecule has 11 heteroatoms. The Hall–Kier alpha value is -2.53. The number of carbonyl (C=O) groups excluding carboxylic acids is 1. The minimum Gasteiger partial charge on any atom is -0.481 e. The highest BCUT2D eigenvalue weighted by atomic mass is 32.2. The van der Waals surface area contributed by atoms with Gasteiger partial charge in [-0.15, -0.1) is 0 Å². The minimum absolute atomic E-state index is 0.0197. The lowest BCUT2D eigenvalue weighted by atomic mass is 10.1. The zero-order valence-corrected chi connectivity index (χ0v) is 14.1. The molecule has 1 saturated heterocycles. The minimum atomic E-state index is -3.77. The number of nitrogens with zero attached hydrogens (tertiary/aromatic N) is 2. The number of amides is 1. The van der Waals surface area contributed by atoms with E-state index in [1.54, 1.807) is 0 Å². The number of benzene rings is 1. The van der Waals surface area contributed by atoms with Gasteiger partial charge in [-0.05, 0) is 6.07 Å². The second kappa shape index (κ2) is 7.15. The number of carboxylic acid groups (broad SMARTS) is 1. The number of carboxylic acids is 1. The fourth-order valence-corrected chi connectivity index (χ4v) is 3.16. The molecule has 1 fully saturated rings. The van der Waals surface area contributed by atoms with E-state index in [2.05, 4.69) is 0 Å². The number of carbonyl (C=O) groups is 2. The van der Waals surface area contributed by atoms with E-state index in [0.29, 0.717) is 0 Å². The topological polar surface area (TPSA) is 144 Å². The quantitative estimate of drug-likeness (QED) is 0.574. The smallest absolute Gasteiger partial charge is 0.305 e. The molecule has 1 aromatic rings. The summed E-state index contributed by atoms with van der Waals surface area (Å²) in [5.41, 5.74) is -0.721. The maximum Gasteiger partial charge on any atom is 0.305 e. The van der Waals surface area contributed by atoms with Crippen molar-refractivity contribution >= 4 is 27.4 Å². The lowest BCUT2D eigenvalue weighted by molar-refractivity contribution is -0.385. The molecule has 1 N–H and O–H groups in total. The van der Waals surface area contributed by atoms with Gasteiger partial charge in [-0.3, -0.25) is 19.7 Å². The van der Waals surface area contributed by atoms with Crippen molar-refractivity contribution in [3.05, 3.63) is 33.9 Å². The van der Waals surface area contributed by atoms with Crippen molar-refractivity contribution in [2.45, 2.75) is 17.4 Å². The summed E-state index contributed by atoms with van der Waals surface area (Å²) in [6.45, 7) is 0.315. The van der Waals surface area contributed by atoms with Crippen LogP contribution in [0.25, 0.3) is 0 Å². The van der Waals surface area contributed by atoms with Crippen molar-refractivity contribution in [3.8, 4) is 0 Å². The van der Waals surface area contributed by atoms with Gasteiger partial charge >= 0.3 is 5.97 Å². The Kier molecular flexibility index (Phi) is 5.38. The number of sulfone groups is 1. The lowest BCUT2D eigenvalue weighted by Gasteiger charge is -2.34. The van der Waals surface area contributed by atoms with Gasteiger partial charge in [0.25, 0.3) is 11.6 Å². The Morgan fingerprint density at radius 3 is 2.64 bits per heavy atom. The second-order valence-corrected chi connectivity index (χ2v) is 7.59. The maximum atomic E-state index is 12.7. The van der Waals surface area contributed by atoms with Crippen molar-refractivity contribution in [2.24, 2.45) is 0 Å². The largest absolute Gasteiger partial charge is 0.481 e. The Bertz CT molecular complexity index is 820. The van der Waals surface area contributed by atoms with Crippen molar-refractivity contribution in [1.29, 1.82) is 0 Å². The molecule has 136 valence electrons. The van der Waals surface area contributed by atoms with Crippen molar-refractivity contribution in [3.63, 3.8) is 0 Å². The van der Waals surface area contributed by atoms with Crippen LogP contribution in [0.1, 0.15) is 16.8 Å². The number of rotatable bonds is 5. The van der Waals surface area contributed by atoms with E-state index < -0.39 is 38.4 Å². The molecule has 1 amide bonds. The van der Waals surface area contributed by atoms with Crippen LogP contribution in [0.2, 0.25) is 0 Å². The van der Waals surface area contributed by atoms with E-state index >= 15 is 0 Å². The summed E-state index contributed by atoms with van der Waals surface area (Å²) in [6, 6.07) is 2.17. The van der Waals surface area contributed by atoms with Crippen LogP contribution in [0.5, 0.6) is 0 Å². The van der Waals surface area contributed by atoms with Crippen LogP contribution >= 0.6 is 0 Å². The number of nitro groups is 1. The van der Waals surface area contributed by atoms with E-state index in [4.69, 9.17) is 9.84 Å². The zero-order valence-electron chi connectivity index (χ0n) is 13.2. The van der Waals surface area contributed by atoms with Crippen LogP contribution in [0.3, 0.4) is 0 Å². The van der Waals surface area contributed by atoms with Crippen molar-refractivity contribution < 1.29 is 32.8 Å². The fourth-order valence-electron chi connectivity index (χ4n) is 2.48. The molecule has 1 aliphatic heterocycles. The normalized spacial score (nSPS) is 18.0. The number of nitro benzene ring substituents is 1. The van der Waals surface area contributed by atoms with Gasteiger partial charge in [0.2, 0.25) is 0 Å². The Labute approximate surface area is 143 Å². The molecule has 10 nitrogen and oxygen atoms in total. The Morgan fingerprint density at radius 1 is 1.40 bits per heavy atom. The molecular formula is C14H16N2O8S. The first-order chi connectivity index (χ1) is 11.6. The average Bonchev–Trinajstić information content (AvgIpc) is 2.53. The number of non-ortho nitro benzene ring substituents is 1. The number of morpholine rings is 1. The summed E-state index contributed by atoms with van der Waals surface area (Å²) in [7, 11) is -3.77. The predicted octanol–water partition coefficient (Wildman–Crippen LogP) is 0.314. The SMILES string of the molecule is CS(=O)(=O)c1cc(C(=O)N2CCOCC2CC(=O)O)cc([N+](=O)[O-])c1. The summed E-state index contributed by atoms with van der Waals surface area (Å²) in [6.07, 6.45) is 0.530. The van der Waals surface area contributed by atoms with Crippen LogP contribution < -0.4 is 0 Å². The third-order valence-electron chi connectivity index (χ3n) is 3.68. The molecule has 1 aliphatic rings. The molecule has 1 atom stereocenters. The number of aliphatic carboxylic acids is 1. The van der Waals surface area contributed by atoms with Gasteiger partial charge in [-0.25, -0.2) is 8.42 Å². The number of ether oxygens (including phenoxy) is 1. The van der Waals surface area contributed by atoms with E-state index in [0.717, 1.165) is 24.5 Å². The third-order valence-corrected chi connectivity index (χ3v) is 4.77. The number of hydrogen-bond acceptors (Lipinski definition) is 7. The summed E-state index contributed by atoms with van der Waals surface area (Å²) in [5.74, 6) is -1.80. The van der Waals surface area contributed by atoms with E-state index in [9.17, 15) is 28.1 Å². The summed E-state index contributed by atoms with van der Waals surface area (Å²) in [5, 5.41) is 20.0. The molecule has 0 radical (unpaired) electrons. The molecule has 0 saturated carbocycles. The van der Waals surface area contributed by atoms with Crippen LogP contribution in [0.15, 0.2) is 23.1 Å². The van der Waals surface area contributed by atoms with E-state index in [1.165, 1.54) is 4.90 Å². The Balaban J connectivity index is 2.44. The van der Waals surface area contributed by atoms with Crippen LogP contribution in [-0.2, 0) is 19.4 Å². The van der Waals surface area contributed by atoms with Crippen LogP contribution in [-0.4, -0.2) is 67.3 Å². The monoisotopic (exact) mass is 372 g/mol. The molecule has 0 aromatic heterocycles.